The zero-order chi connectivity index (χ0) is 14.7. The monoisotopic (exact) mass is 275 g/mol. The number of nitrogens with one attached hydrogen (secondary N) is 1. The highest BCUT2D eigenvalue weighted by Gasteiger charge is 2.13. The summed E-state index contributed by atoms with van der Waals surface area (Å²) in [5.41, 5.74) is 1.90. The van der Waals surface area contributed by atoms with Gasteiger partial charge in [-0.15, -0.1) is 0 Å². The molecule has 0 atom stereocenters. The molecule has 1 aromatic carbocycles. The number of anilines is 1. The maximum atomic E-state index is 13.1. The third-order valence-corrected chi connectivity index (χ3v) is 2.76. The topological polar surface area (TPSA) is 64.1 Å². The first kappa shape index (κ1) is 13.9. The normalized spacial score (nSPS) is 10.2. The lowest BCUT2D eigenvalue weighted by molar-refractivity contribution is 0.102. The number of hydrogen-bond donors (Lipinski definition) is 1. The van der Waals surface area contributed by atoms with E-state index in [2.05, 4.69) is 15.3 Å². The summed E-state index contributed by atoms with van der Waals surface area (Å²) < 4.78 is 18.1. The van der Waals surface area contributed by atoms with Gasteiger partial charge in [-0.3, -0.25) is 4.79 Å². The molecule has 0 radical (unpaired) electrons. The van der Waals surface area contributed by atoms with Gasteiger partial charge >= 0.3 is 6.01 Å². The quantitative estimate of drug-likeness (QED) is 0.934. The highest BCUT2D eigenvalue weighted by Crippen LogP contribution is 2.20. The number of rotatable bonds is 3. The molecule has 2 aromatic rings. The molecule has 0 spiro atoms. The van der Waals surface area contributed by atoms with Crippen molar-refractivity contribution in [1.82, 2.24) is 9.97 Å². The van der Waals surface area contributed by atoms with E-state index in [1.54, 1.807) is 13.8 Å². The van der Waals surface area contributed by atoms with Crippen LogP contribution in [0.3, 0.4) is 0 Å². The lowest BCUT2D eigenvalue weighted by Gasteiger charge is -2.11. The van der Waals surface area contributed by atoms with E-state index >= 15 is 0 Å². The summed E-state index contributed by atoms with van der Waals surface area (Å²) in [7, 11) is 1.47. The average molecular weight is 275 g/mol. The van der Waals surface area contributed by atoms with Gasteiger partial charge < -0.3 is 10.1 Å². The van der Waals surface area contributed by atoms with Crippen LogP contribution in [-0.4, -0.2) is 23.0 Å². The molecule has 1 N–H and O–H groups in total. The van der Waals surface area contributed by atoms with Crippen LogP contribution in [0.5, 0.6) is 6.01 Å². The Morgan fingerprint density at radius 1 is 1.25 bits per heavy atom. The van der Waals surface area contributed by atoms with Crippen molar-refractivity contribution in [3.05, 3.63) is 47.0 Å². The highest BCUT2D eigenvalue weighted by atomic mass is 19.1. The van der Waals surface area contributed by atoms with Crippen LogP contribution in [0.1, 0.15) is 21.7 Å². The molecule has 104 valence electrons. The molecule has 6 heteroatoms. The van der Waals surface area contributed by atoms with Crippen molar-refractivity contribution in [1.29, 1.82) is 0 Å². The van der Waals surface area contributed by atoms with E-state index in [1.165, 1.54) is 31.4 Å². The van der Waals surface area contributed by atoms with Crippen molar-refractivity contribution in [2.45, 2.75) is 13.8 Å². The Labute approximate surface area is 115 Å². The van der Waals surface area contributed by atoms with Gasteiger partial charge in [0.25, 0.3) is 5.91 Å². The molecule has 0 aliphatic rings. The number of nitrogens with zero attached hydrogens (tertiary/aromatic N) is 2. The summed E-state index contributed by atoms with van der Waals surface area (Å²) in [6.07, 6.45) is 0. The van der Waals surface area contributed by atoms with Crippen LogP contribution in [0.15, 0.2) is 24.3 Å². The number of benzene rings is 1. The van der Waals surface area contributed by atoms with E-state index in [9.17, 15) is 9.18 Å². The molecule has 20 heavy (non-hydrogen) atoms. The first-order chi connectivity index (χ1) is 9.51. The molecule has 0 bridgehead atoms. The zero-order valence-corrected chi connectivity index (χ0v) is 11.4. The fraction of sp³-hybridized carbons (Fsp3) is 0.214. The fourth-order valence-electron chi connectivity index (χ4n) is 1.77. The predicted molar refractivity (Wildman–Crippen MR) is 72.4 cm³/mol. The third-order valence-electron chi connectivity index (χ3n) is 2.76. The van der Waals surface area contributed by atoms with Gasteiger partial charge in [0, 0.05) is 5.56 Å². The molecule has 0 unspecified atom stereocenters. The second-order valence-corrected chi connectivity index (χ2v) is 4.22. The van der Waals surface area contributed by atoms with Gasteiger partial charge in [0.05, 0.1) is 24.2 Å². The number of methoxy groups -OCH3 is 1. The summed E-state index contributed by atoms with van der Waals surface area (Å²) in [5, 5.41) is 2.69. The van der Waals surface area contributed by atoms with Crippen molar-refractivity contribution in [3.8, 4) is 6.01 Å². The van der Waals surface area contributed by atoms with Crippen molar-refractivity contribution in [2.24, 2.45) is 0 Å². The minimum absolute atomic E-state index is 0.236. The Bertz CT molecular complexity index is 636. The Hall–Kier alpha value is -2.50. The Morgan fingerprint density at radius 2 is 1.90 bits per heavy atom. The number of halogens is 1. The second kappa shape index (κ2) is 5.64. The molecule has 5 nitrogen and oxygen atoms in total. The summed E-state index contributed by atoms with van der Waals surface area (Å²) >= 11 is 0. The number of aromatic nitrogens is 2. The largest absolute Gasteiger partial charge is 0.467 e. The van der Waals surface area contributed by atoms with E-state index < -0.39 is 11.7 Å². The molecular formula is C14H14FN3O2. The first-order valence-corrected chi connectivity index (χ1v) is 5.97. The summed E-state index contributed by atoms with van der Waals surface area (Å²) in [6.45, 7) is 3.47. The molecule has 1 aromatic heterocycles. The van der Waals surface area contributed by atoms with Crippen LogP contribution < -0.4 is 10.1 Å². The standard InChI is InChI=1S/C14H14FN3O2/c1-8-12(9(2)17-14(16-8)20-3)18-13(19)10-5-4-6-11(15)7-10/h4-7H,1-3H3,(H,18,19). The fourth-order valence-corrected chi connectivity index (χ4v) is 1.77. The van der Waals surface area contributed by atoms with E-state index in [0.29, 0.717) is 17.1 Å². The van der Waals surface area contributed by atoms with Crippen LogP contribution >= 0.6 is 0 Å². The SMILES string of the molecule is COc1nc(C)c(NC(=O)c2cccc(F)c2)c(C)n1. The maximum Gasteiger partial charge on any atom is 0.316 e. The number of carbonyl (C=O) groups is 1. The number of ether oxygens (including phenoxy) is 1. The minimum atomic E-state index is -0.461. The first-order valence-electron chi connectivity index (χ1n) is 5.97. The van der Waals surface area contributed by atoms with E-state index in [0.717, 1.165) is 0 Å². The minimum Gasteiger partial charge on any atom is -0.467 e. The highest BCUT2D eigenvalue weighted by molar-refractivity contribution is 6.04. The van der Waals surface area contributed by atoms with Crippen LogP contribution in [-0.2, 0) is 0 Å². The summed E-state index contributed by atoms with van der Waals surface area (Å²) in [5.74, 6) is -0.874. The van der Waals surface area contributed by atoms with Crippen LogP contribution in [0, 0.1) is 19.7 Å². The van der Waals surface area contributed by atoms with Crippen LogP contribution in [0.2, 0.25) is 0 Å². The molecule has 1 heterocycles. The second-order valence-electron chi connectivity index (χ2n) is 4.22. The van der Waals surface area contributed by atoms with Gasteiger partial charge in [-0.1, -0.05) is 6.07 Å². The number of amides is 1. The molecular weight excluding hydrogens is 261 g/mol. The molecule has 0 aliphatic carbocycles. The van der Waals surface area contributed by atoms with Crippen molar-refractivity contribution in [3.63, 3.8) is 0 Å². The van der Waals surface area contributed by atoms with Gasteiger partial charge in [0.1, 0.15) is 5.82 Å². The van der Waals surface area contributed by atoms with Gasteiger partial charge in [-0.05, 0) is 32.0 Å². The van der Waals surface area contributed by atoms with Gasteiger partial charge in [0.15, 0.2) is 0 Å². The number of hydrogen-bond acceptors (Lipinski definition) is 4. The smallest absolute Gasteiger partial charge is 0.316 e. The Kier molecular flexibility index (Phi) is 3.93. The Balaban J connectivity index is 2.28. The number of aryl methyl sites for hydroxylation is 2. The predicted octanol–water partition coefficient (Wildman–Crippen LogP) is 2.49. The van der Waals surface area contributed by atoms with E-state index in [4.69, 9.17) is 4.74 Å². The summed E-state index contributed by atoms with van der Waals surface area (Å²) in [4.78, 5) is 20.2. The van der Waals surface area contributed by atoms with Gasteiger partial charge in [0.2, 0.25) is 0 Å². The van der Waals surface area contributed by atoms with Gasteiger partial charge in [-0.25, -0.2) is 4.39 Å². The van der Waals surface area contributed by atoms with Crippen molar-refractivity contribution >= 4 is 11.6 Å². The number of carbonyl (C=O) groups excluding carboxylic acids is 1. The average Bonchev–Trinajstić information content (AvgIpc) is 2.42. The molecule has 0 saturated carbocycles. The van der Waals surface area contributed by atoms with Crippen molar-refractivity contribution < 1.29 is 13.9 Å². The van der Waals surface area contributed by atoms with Gasteiger partial charge in [-0.2, -0.15) is 9.97 Å². The molecule has 0 fully saturated rings. The lowest BCUT2D eigenvalue weighted by Crippen LogP contribution is -2.15. The molecule has 2 rings (SSSR count). The molecule has 0 aliphatic heterocycles. The van der Waals surface area contributed by atoms with Crippen LogP contribution in [0.4, 0.5) is 10.1 Å². The van der Waals surface area contributed by atoms with Crippen molar-refractivity contribution in [2.75, 3.05) is 12.4 Å². The van der Waals surface area contributed by atoms with E-state index in [-0.39, 0.29) is 11.6 Å². The lowest BCUT2D eigenvalue weighted by atomic mass is 10.2. The molecule has 1 amide bonds. The Morgan fingerprint density at radius 3 is 2.45 bits per heavy atom. The zero-order valence-electron chi connectivity index (χ0n) is 11.4. The maximum absolute atomic E-state index is 13.1. The third kappa shape index (κ3) is 2.90. The van der Waals surface area contributed by atoms with E-state index in [1.807, 2.05) is 0 Å². The summed E-state index contributed by atoms with van der Waals surface area (Å²) in [6, 6.07) is 5.71. The molecule has 0 saturated heterocycles. The van der Waals surface area contributed by atoms with Crippen LogP contribution in [0.25, 0.3) is 0 Å².